The van der Waals surface area contributed by atoms with Crippen molar-refractivity contribution in [1.29, 1.82) is 0 Å². The molecule has 1 N–H and O–H groups in total. The van der Waals surface area contributed by atoms with Gasteiger partial charge in [0.2, 0.25) is 0 Å². The van der Waals surface area contributed by atoms with E-state index in [0.717, 1.165) is 5.56 Å². The van der Waals surface area contributed by atoms with Crippen LogP contribution in [-0.2, 0) is 11.2 Å². The minimum atomic E-state index is -0.757. The maximum atomic E-state index is 10.8. The molecule has 3 heteroatoms. The molecule has 0 spiro atoms. The highest BCUT2D eigenvalue weighted by Crippen LogP contribution is 2.20. The Balaban J connectivity index is 2.77. The Labute approximate surface area is 88.5 Å². The van der Waals surface area contributed by atoms with Crippen molar-refractivity contribution in [2.75, 3.05) is 0 Å². The standard InChI is InChI=1S/C11H13ClO2/c1-2-8(11(13)14)7-9-5-3-4-6-10(9)12/h3-6,8H,2,7H2,1H3,(H,13,14)/t8-/m1/s1. The van der Waals surface area contributed by atoms with Crippen molar-refractivity contribution in [1.82, 2.24) is 0 Å². The third-order valence-electron chi connectivity index (χ3n) is 2.27. The molecule has 0 radical (unpaired) electrons. The molecule has 1 rings (SSSR count). The molecule has 0 heterocycles. The molecule has 0 fully saturated rings. The lowest BCUT2D eigenvalue weighted by molar-refractivity contribution is -0.141. The molecule has 76 valence electrons. The summed E-state index contributed by atoms with van der Waals surface area (Å²) in [4.78, 5) is 10.8. The topological polar surface area (TPSA) is 37.3 Å². The van der Waals surface area contributed by atoms with Crippen LogP contribution in [0.25, 0.3) is 0 Å². The van der Waals surface area contributed by atoms with Crippen LogP contribution in [0.2, 0.25) is 5.02 Å². The van der Waals surface area contributed by atoms with E-state index in [2.05, 4.69) is 0 Å². The molecule has 2 nitrogen and oxygen atoms in total. The smallest absolute Gasteiger partial charge is 0.306 e. The molecule has 1 aromatic carbocycles. The number of aliphatic carboxylic acids is 1. The summed E-state index contributed by atoms with van der Waals surface area (Å²) in [5.74, 6) is -1.10. The van der Waals surface area contributed by atoms with E-state index in [0.29, 0.717) is 17.9 Å². The number of benzene rings is 1. The Morgan fingerprint density at radius 2 is 2.14 bits per heavy atom. The Morgan fingerprint density at radius 3 is 2.64 bits per heavy atom. The van der Waals surface area contributed by atoms with Gasteiger partial charge in [0.1, 0.15) is 0 Å². The monoisotopic (exact) mass is 212 g/mol. The summed E-state index contributed by atoms with van der Waals surface area (Å²) in [6.45, 7) is 1.87. The van der Waals surface area contributed by atoms with E-state index in [1.807, 2.05) is 25.1 Å². The highest BCUT2D eigenvalue weighted by atomic mass is 35.5. The largest absolute Gasteiger partial charge is 0.481 e. The van der Waals surface area contributed by atoms with E-state index in [4.69, 9.17) is 16.7 Å². The maximum Gasteiger partial charge on any atom is 0.306 e. The fraction of sp³-hybridized carbons (Fsp3) is 0.364. The second-order valence-electron chi connectivity index (χ2n) is 3.24. The molecule has 0 aliphatic carbocycles. The average Bonchev–Trinajstić information content (AvgIpc) is 2.16. The highest BCUT2D eigenvalue weighted by Gasteiger charge is 2.16. The Kier molecular flexibility index (Phi) is 3.96. The van der Waals surface area contributed by atoms with Crippen LogP contribution in [0.15, 0.2) is 24.3 Å². The van der Waals surface area contributed by atoms with E-state index in [1.54, 1.807) is 6.07 Å². The van der Waals surface area contributed by atoms with Crippen LogP contribution in [0.5, 0.6) is 0 Å². The molecule has 0 saturated carbocycles. The summed E-state index contributed by atoms with van der Waals surface area (Å²) in [5, 5.41) is 9.53. The first-order valence-electron chi connectivity index (χ1n) is 4.61. The summed E-state index contributed by atoms with van der Waals surface area (Å²) in [7, 11) is 0. The van der Waals surface area contributed by atoms with Crippen LogP contribution in [0.1, 0.15) is 18.9 Å². The number of halogens is 1. The van der Waals surface area contributed by atoms with Crippen LogP contribution >= 0.6 is 11.6 Å². The zero-order chi connectivity index (χ0) is 10.6. The van der Waals surface area contributed by atoms with Crippen LogP contribution in [0, 0.1) is 5.92 Å². The molecule has 0 aliphatic rings. The fourth-order valence-corrected chi connectivity index (χ4v) is 1.55. The van der Waals surface area contributed by atoms with E-state index < -0.39 is 5.97 Å². The van der Waals surface area contributed by atoms with E-state index in [9.17, 15) is 4.79 Å². The quantitative estimate of drug-likeness (QED) is 0.833. The second kappa shape index (κ2) is 5.01. The molecular formula is C11H13ClO2. The van der Waals surface area contributed by atoms with Gasteiger partial charge in [0, 0.05) is 5.02 Å². The molecule has 0 amide bonds. The Hall–Kier alpha value is -1.02. The maximum absolute atomic E-state index is 10.8. The minimum absolute atomic E-state index is 0.338. The molecule has 1 atom stereocenters. The molecule has 0 bridgehead atoms. The van der Waals surface area contributed by atoms with Gasteiger partial charge in [0.25, 0.3) is 0 Å². The van der Waals surface area contributed by atoms with E-state index in [1.165, 1.54) is 0 Å². The van der Waals surface area contributed by atoms with Crippen molar-refractivity contribution >= 4 is 17.6 Å². The Morgan fingerprint density at radius 1 is 1.50 bits per heavy atom. The number of hydrogen-bond acceptors (Lipinski definition) is 1. The minimum Gasteiger partial charge on any atom is -0.481 e. The van der Waals surface area contributed by atoms with Gasteiger partial charge in [-0.3, -0.25) is 4.79 Å². The van der Waals surface area contributed by atoms with Crippen molar-refractivity contribution in [3.8, 4) is 0 Å². The number of carboxylic acids is 1. The van der Waals surface area contributed by atoms with Crippen molar-refractivity contribution in [3.05, 3.63) is 34.9 Å². The third kappa shape index (κ3) is 2.74. The van der Waals surface area contributed by atoms with Gasteiger partial charge in [-0.2, -0.15) is 0 Å². The molecule has 0 aromatic heterocycles. The van der Waals surface area contributed by atoms with Gasteiger partial charge in [0.15, 0.2) is 0 Å². The SMILES string of the molecule is CC[C@H](Cc1ccccc1Cl)C(=O)O. The van der Waals surface area contributed by atoms with Crippen molar-refractivity contribution < 1.29 is 9.90 Å². The lowest BCUT2D eigenvalue weighted by Gasteiger charge is -2.10. The van der Waals surface area contributed by atoms with E-state index >= 15 is 0 Å². The zero-order valence-electron chi connectivity index (χ0n) is 8.03. The molecule has 0 aliphatic heterocycles. The first kappa shape index (κ1) is 11.1. The fourth-order valence-electron chi connectivity index (χ4n) is 1.34. The summed E-state index contributed by atoms with van der Waals surface area (Å²) >= 11 is 5.94. The summed E-state index contributed by atoms with van der Waals surface area (Å²) < 4.78 is 0. The van der Waals surface area contributed by atoms with Gasteiger partial charge in [-0.05, 0) is 24.5 Å². The molecule has 0 unspecified atom stereocenters. The van der Waals surface area contributed by atoms with Crippen LogP contribution in [0.3, 0.4) is 0 Å². The van der Waals surface area contributed by atoms with E-state index in [-0.39, 0.29) is 5.92 Å². The number of carboxylic acid groups (broad SMARTS) is 1. The van der Waals surface area contributed by atoms with Gasteiger partial charge >= 0.3 is 5.97 Å². The Bertz CT molecular complexity index is 323. The third-order valence-corrected chi connectivity index (χ3v) is 2.63. The zero-order valence-corrected chi connectivity index (χ0v) is 8.79. The van der Waals surface area contributed by atoms with Gasteiger partial charge < -0.3 is 5.11 Å². The van der Waals surface area contributed by atoms with Crippen molar-refractivity contribution in [3.63, 3.8) is 0 Å². The molecular weight excluding hydrogens is 200 g/mol. The lowest BCUT2D eigenvalue weighted by Crippen LogP contribution is -2.15. The van der Waals surface area contributed by atoms with Gasteiger partial charge in [-0.15, -0.1) is 0 Å². The highest BCUT2D eigenvalue weighted by molar-refractivity contribution is 6.31. The van der Waals surface area contributed by atoms with Gasteiger partial charge in [-0.1, -0.05) is 36.7 Å². The normalized spacial score (nSPS) is 12.4. The predicted octanol–water partition coefficient (Wildman–Crippen LogP) is 2.99. The molecule has 14 heavy (non-hydrogen) atoms. The number of hydrogen-bond donors (Lipinski definition) is 1. The summed E-state index contributed by atoms with van der Waals surface area (Å²) in [6.07, 6.45) is 1.13. The first-order valence-corrected chi connectivity index (χ1v) is 4.99. The summed E-state index contributed by atoms with van der Waals surface area (Å²) in [6, 6.07) is 7.36. The first-order chi connectivity index (χ1) is 6.65. The average molecular weight is 213 g/mol. The van der Waals surface area contributed by atoms with Gasteiger partial charge in [-0.25, -0.2) is 0 Å². The van der Waals surface area contributed by atoms with Gasteiger partial charge in [0.05, 0.1) is 5.92 Å². The van der Waals surface area contributed by atoms with Crippen molar-refractivity contribution in [2.45, 2.75) is 19.8 Å². The van der Waals surface area contributed by atoms with Crippen molar-refractivity contribution in [2.24, 2.45) is 5.92 Å². The number of carbonyl (C=O) groups is 1. The number of rotatable bonds is 4. The van der Waals surface area contributed by atoms with Crippen LogP contribution in [-0.4, -0.2) is 11.1 Å². The lowest BCUT2D eigenvalue weighted by atomic mass is 9.97. The second-order valence-corrected chi connectivity index (χ2v) is 3.65. The van der Waals surface area contributed by atoms with Crippen LogP contribution in [0.4, 0.5) is 0 Å². The molecule has 1 aromatic rings. The predicted molar refractivity (Wildman–Crippen MR) is 56.6 cm³/mol. The summed E-state index contributed by atoms with van der Waals surface area (Å²) in [5.41, 5.74) is 0.906. The molecule has 0 saturated heterocycles. The van der Waals surface area contributed by atoms with Crippen LogP contribution < -0.4 is 0 Å².